The van der Waals surface area contributed by atoms with Crippen LogP contribution in [0.4, 0.5) is 0 Å². The average molecular weight is 222 g/mol. The average Bonchev–Trinajstić information content (AvgIpc) is 2.24. The zero-order chi connectivity index (χ0) is 12.0. The third-order valence-electron chi connectivity index (χ3n) is 2.75. The fourth-order valence-electron chi connectivity index (χ4n) is 1.88. The molecule has 0 fully saturated rings. The third-order valence-corrected chi connectivity index (χ3v) is 2.75. The van der Waals surface area contributed by atoms with Gasteiger partial charge in [0.05, 0.1) is 6.10 Å². The van der Waals surface area contributed by atoms with Gasteiger partial charge >= 0.3 is 0 Å². The summed E-state index contributed by atoms with van der Waals surface area (Å²) >= 11 is 0. The Kier molecular flexibility index (Phi) is 5.50. The highest BCUT2D eigenvalue weighted by Crippen LogP contribution is 2.22. The van der Waals surface area contributed by atoms with Crippen LogP contribution in [0.1, 0.15) is 42.6 Å². The topological polar surface area (TPSA) is 29.5 Å². The van der Waals surface area contributed by atoms with Gasteiger partial charge in [-0.2, -0.15) is 0 Å². The van der Waals surface area contributed by atoms with Crippen molar-refractivity contribution in [2.75, 3.05) is 13.2 Å². The van der Waals surface area contributed by atoms with Crippen molar-refractivity contribution in [2.24, 2.45) is 0 Å². The molecule has 0 spiro atoms. The van der Waals surface area contributed by atoms with Crippen molar-refractivity contribution >= 4 is 0 Å². The highest BCUT2D eigenvalue weighted by molar-refractivity contribution is 5.31. The first-order valence-electron chi connectivity index (χ1n) is 5.98. The molecule has 0 radical (unpaired) electrons. The Hall–Kier alpha value is -0.860. The second-order valence-corrected chi connectivity index (χ2v) is 4.21. The van der Waals surface area contributed by atoms with E-state index in [9.17, 15) is 5.11 Å². The molecule has 1 aromatic carbocycles. The number of aryl methyl sites for hydroxylation is 2. The largest absolute Gasteiger partial charge is 0.388 e. The lowest BCUT2D eigenvalue weighted by molar-refractivity contribution is 0.114. The first-order valence-corrected chi connectivity index (χ1v) is 5.98. The Morgan fingerprint density at radius 2 is 2.06 bits per heavy atom. The molecule has 90 valence electrons. The molecule has 0 aromatic heterocycles. The predicted molar refractivity (Wildman–Crippen MR) is 66.6 cm³/mol. The second kappa shape index (κ2) is 6.66. The standard InChI is InChI=1S/C14H22O2/c1-4-16-9-5-6-14(15)13-8-7-11(2)10-12(13)3/h7-8,10,14-15H,4-6,9H2,1-3H3. The van der Waals surface area contributed by atoms with Gasteiger partial charge in [-0.25, -0.2) is 0 Å². The van der Waals surface area contributed by atoms with E-state index in [1.54, 1.807) is 0 Å². The Morgan fingerprint density at radius 1 is 1.31 bits per heavy atom. The maximum absolute atomic E-state index is 10.0. The van der Waals surface area contributed by atoms with E-state index in [0.29, 0.717) is 0 Å². The summed E-state index contributed by atoms with van der Waals surface area (Å²) in [5.74, 6) is 0. The minimum absolute atomic E-state index is 0.360. The van der Waals surface area contributed by atoms with Crippen molar-refractivity contribution in [2.45, 2.75) is 39.7 Å². The highest BCUT2D eigenvalue weighted by Gasteiger charge is 2.09. The molecule has 0 bridgehead atoms. The van der Waals surface area contributed by atoms with Gasteiger partial charge in [0.1, 0.15) is 0 Å². The minimum atomic E-state index is -0.360. The summed E-state index contributed by atoms with van der Waals surface area (Å²) in [5, 5.41) is 10.0. The molecule has 1 unspecified atom stereocenters. The lowest BCUT2D eigenvalue weighted by Crippen LogP contribution is -2.03. The molecule has 1 aromatic rings. The summed E-state index contributed by atoms with van der Waals surface area (Å²) < 4.78 is 5.26. The summed E-state index contributed by atoms with van der Waals surface area (Å²) in [5.41, 5.74) is 3.45. The second-order valence-electron chi connectivity index (χ2n) is 4.21. The molecule has 0 heterocycles. The van der Waals surface area contributed by atoms with Crippen LogP contribution < -0.4 is 0 Å². The van der Waals surface area contributed by atoms with E-state index in [1.165, 1.54) is 11.1 Å². The molecule has 0 aliphatic rings. The van der Waals surface area contributed by atoms with Crippen molar-refractivity contribution in [3.05, 3.63) is 34.9 Å². The summed E-state index contributed by atoms with van der Waals surface area (Å²) in [6.45, 7) is 7.59. The molecular formula is C14H22O2. The van der Waals surface area contributed by atoms with Gasteiger partial charge in [0.2, 0.25) is 0 Å². The number of aliphatic hydroxyl groups excluding tert-OH is 1. The van der Waals surface area contributed by atoms with Crippen LogP contribution in [0, 0.1) is 13.8 Å². The van der Waals surface area contributed by atoms with Crippen molar-refractivity contribution in [3.63, 3.8) is 0 Å². The van der Waals surface area contributed by atoms with Crippen LogP contribution >= 0.6 is 0 Å². The minimum Gasteiger partial charge on any atom is -0.388 e. The quantitative estimate of drug-likeness (QED) is 0.749. The lowest BCUT2D eigenvalue weighted by atomic mass is 9.98. The number of ether oxygens (including phenoxy) is 1. The number of hydrogen-bond donors (Lipinski definition) is 1. The monoisotopic (exact) mass is 222 g/mol. The molecule has 0 saturated carbocycles. The van der Waals surface area contributed by atoms with Crippen molar-refractivity contribution in [1.29, 1.82) is 0 Å². The van der Waals surface area contributed by atoms with Crippen molar-refractivity contribution < 1.29 is 9.84 Å². The van der Waals surface area contributed by atoms with E-state index < -0.39 is 0 Å². The molecule has 2 nitrogen and oxygen atoms in total. The Labute approximate surface area is 98.3 Å². The summed E-state index contributed by atoms with van der Waals surface area (Å²) in [6, 6.07) is 6.19. The van der Waals surface area contributed by atoms with Crippen LogP contribution in [0.15, 0.2) is 18.2 Å². The number of aliphatic hydroxyl groups is 1. The molecule has 0 saturated heterocycles. The van der Waals surface area contributed by atoms with Crippen LogP contribution in [-0.4, -0.2) is 18.3 Å². The van der Waals surface area contributed by atoms with Gasteiger partial charge in [-0.15, -0.1) is 0 Å². The van der Waals surface area contributed by atoms with E-state index in [2.05, 4.69) is 13.0 Å². The molecule has 0 aliphatic carbocycles. The van der Waals surface area contributed by atoms with Gasteiger partial charge in [0.25, 0.3) is 0 Å². The first kappa shape index (κ1) is 13.2. The zero-order valence-electron chi connectivity index (χ0n) is 10.5. The van der Waals surface area contributed by atoms with Crippen LogP contribution in [0.2, 0.25) is 0 Å². The van der Waals surface area contributed by atoms with Gasteiger partial charge in [-0.1, -0.05) is 23.8 Å². The molecule has 16 heavy (non-hydrogen) atoms. The van der Waals surface area contributed by atoms with E-state index in [1.807, 2.05) is 26.0 Å². The lowest BCUT2D eigenvalue weighted by Gasteiger charge is -2.14. The fourth-order valence-corrected chi connectivity index (χ4v) is 1.88. The molecular weight excluding hydrogens is 200 g/mol. The maximum Gasteiger partial charge on any atom is 0.0793 e. The van der Waals surface area contributed by atoms with Crippen LogP contribution in [0.5, 0.6) is 0 Å². The zero-order valence-corrected chi connectivity index (χ0v) is 10.5. The highest BCUT2D eigenvalue weighted by atomic mass is 16.5. The molecule has 1 N–H and O–H groups in total. The van der Waals surface area contributed by atoms with Gasteiger partial charge in [0, 0.05) is 13.2 Å². The van der Waals surface area contributed by atoms with Gasteiger partial charge in [0.15, 0.2) is 0 Å². The third kappa shape index (κ3) is 3.95. The van der Waals surface area contributed by atoms with E-state index >= 15 is 0 Å². The van der Waals surface area contributed by atoms with Gasteiger partial charge < -0.3 is 9.84 Å². The molecule has 1 rings (SSSR count). The SMILES string of the molecule is CCOCCCC(O)c1ccc(C)cc1C. The van der Waals surface area contributed by atoms with Crippen LogP contribution in [0.25, 0.3) is 0 Å². The number of benzene rings is 1. The normalized spacial score (nSPS) is 12.8. The van der Waals surface area contributed by atoms with Gasteiger partial charge in [-0.05, 0) is 44.7 Å². The molecule has 0 amide bonds. The Bertz CT molecular complexity index is 321. The first-order chi connectivity index (χ1) is 7.65. The van der Waals surface area contributed by atoms with E-state index in [-0.39, 0.29) is 6.10 Å². The predicted octanol–water partition coefficient (Wildman–Crippen LogP) is 3.15. The number of hydrogen-bond acceptors (Lipinski definition) is 2. The van der Waals surface area contributed by atoms with Crippen molar-refractivity contribution in [3.8, 4) is 0 Å². The summed E-state index contributed by atoms with van der Waals surface area (Å²) in [4.78, 5) is 0. The number of rotatable bonds is 6. The molecule has 1 atom stereocenters. The van der Waals surface area contributed by atoms with Crippen LogP contribution in [-0.2, 0) is 4.74 Å². The Balaban J connectivity index is 2.49. The molecule has 0 aliphatic heterocycles. The smallest absolute Gasteiger partial charge is 0.0793 e. The Morgan fingerprint density at radius 3 is 2.69 bits per heavy atom. The van der Waals surface area contributed by atoms with Crippen molar-refractivity contribution in [1.82, 2.24) is 0 Å². The van der Waals surface area contributed by atoms with E-state index in [0.717, 1.165) is 31.6 Å². The summed E-state index contributed by atoms with van der Waals surface area (Å²) in [7, 11) is 0. The van der Waals surface area contributed by atoms with Gasteiger partial charge in [-0.3, -0.25) is 0 Å². The fraction of sp³-hybridized carbons (Fsp3) is 0.571. The maximum atomic E-state index is 10.0. The summed E-state index contributed by atoms with van der Waals surface area (Å²) in [6.07, 6.45) is 1.31. The van der Waals surface area contributed by atoms with Crippen LogP contribution in [0.3, 0.4) is 0 Å². The van der Waals surface area contributed by atoms with E-state index in [4.69, 9.17) is 4.74 Å². The molecule has 2 heteroatoms.